The molecular formula is C20H22N4O3S. The second-order valence-electron chi connectivity index (χ2n) is 5.91. The van der Waals surface area contributed by atoms with Gasteiger partial charge in [-0.25, -0.2) is 4.98 Å². The Kier molecular flexibility index (Phi) is 6.91. The van der Waals surface area contributed by atoms with Crippen LogP contribution in [-0.2, 0) is 11.2 Å². The Balaban J connectivity index is 1.43. The van der Waals surface area contributed by atoms with Crippen LogP contribution in [0.15, 0.2) is 53.7 Å². The number of benzene rings is 2. The van der Waals surface area contributed by atoms with Gasteiger partial charge in [-0.15, -0.1) is 5.10 Å². The fourth-order valence-electron chi connectivity index (χ4n) is 2.60. The Morgan fingerprint density at radius 1 is 1.11 bits per heavy atom. The smallest absolute Gasteiger partial charge is 0.230 e. The van der Waals surface area contributed by atoms with E-state index in [1.165, 1.54) is 11.8 Å². The number of thioether (sulfide) groups is 1. The van der Waals surface area contributed by atoms with Crippen molar-refractivity contribution in [2.75, 3.05) is 26.5 Å². The summed E-state index contributed by atoms with van der Waals surface area (Å²) in [5.74, 6) is 2.26. The molecule has 1 heterocycles. The number of carbonyl (C=O) groups excluding carboxylic acids is 1. The van der Waals surface area contributed by atoms with Crippen LogP contribution in [0.2, 0.25) is 0 Å². The Morgan fingerprint density at radius 2 is 1.89 bits per heavy atom. The largest absolute Gasteiger partial charge is 0.493 e. The lowest BCUT2D eigenvalue weighted by Gasteiger charge is -2.10. The highest BCUT2D eigenvalue weighted by molar-refractivity contribution is 7.99. The Bertz CT molecular complexity index is 915. The summed E-state index contributed by atoms with van der Waals surface area (Å²) in [7, 11) is 3.21. The molecule has 0 spiro atoms. The van der Waals surface area contributed by atoms with E-state index in [0.29, 0.717) is 35.4 Å². The van der Waals surface area contributed by atoms with Crippen LogP contribution in [0.3, 0.4) is 0 Å². The fraction of sp³-hybridized carbons (Fsp3) is 0.250. The van der Waals surface area contributed by atoms with Crippen LogP contribution in [0.5, 0.6) is 11.5 Å². The number of hydrogen-bond acceptors (Lipinski definition) is 6. The number of hydrogen-bond donors (Lipinski definition) is 2. The van der Waals surface area contributed by atoms with Crippen molar-refractivity contribution in [3.63, 3.8) is 0 Å². The highest BCUT2D eigenvalue weighted by atomic mass is 32.2. The van der Waals surface area contributed by atoms with Gasteiger partial charge in [0.1, 0.15) is 0 Å². The van der Waals surface area contributed by atoms with Gasteiger partial charge in [0.15, 0.2) is 17.3 Å². The van der Waals surface area contributed by atoms with Crippen molar-refractivity contribution >= 4 is 17.7 Å². The van der Waals surface area contributed by atoms with Gasteiger partial charge in [0.05, 0.1) is 20.0 Å². The molecule has 0 radical (unpaired) electrons. The van der Waals surface area contributed by atoms with E-state index in [0.717, 1.165) is 11.1 Å². The first-order valence-electron chi connectivity index (χ1n) is 8.78. The molecule has 28 heavy (non-hydrogen) atoms. The number of H-pyrrole nitrogens is 1. The highest BCUT2D eigenvalue weighted by Crippen LogP contribution is 2.27. The van der Waals surface area contributed by atoms with Gasteiger partial charge in [-0.2, -0.15) is 0 Å². The third-order valence-electron chi connectivity index (χ3n) is 4.03. The molecule has 3 rings (SSSR count). The Hall–Kier alpha value is -3.00. The van der Waals surface area contributed by atoms with Crippen LogP contribution in [0.1, 0.15) is 5.56 Å². The summed E-state index contributed by atoms with van der Waals surface area (Å²) in [6.45, 7) is 0.540. The average Bonchev–Trinajstić information content (AvgIpc) is 3.22. The second-order valence-corrected chi connectivity index (χ2v) is 6.85. The summed E-state index contributed by atoms with van der Waals surface area (Å²) < 4.78 is 10.5. The molecule has 3 aromatic rings. The zero-order chi connectivity index (χ0) is 19.8. The van der Waals surface area contributed by atoms with E-state index >= 15 is 0 Å². The first kappa shape index (κ1) is 19.8. The minimum Gasteiger partial charge on any atom is -0.493 e. The molecule has 2 N–H and O–H groups in total. The van der Waals surface area contributed by atoms with Crippen molar-refractivity contribution in [3.8, 4) is 22.9 Å². The number of aromatic nitrogens is 3. The number of nitrogens with zero attached hydrogens (tertiary/aromatic N) is 2. The van der Waals surface area contributed by atoms with Crippen LogP contribution in [0, 0.1) is 0 Å². The summed E-state index contributed by atoms with van der Waals surface area (Å²) in [5.41, 5.74) is 2.02. The highest BCUT2D eigenvalue weighted by Gasteiger charge is 2.09. The third-order valence-corrected chi connectivity index (χ3v) is 4.88. The molecule has 1 amide bonds. The molecular weight excluding hydrogens is 376 g/mol. The topological polar surface area (TPSA) is 89.1 Å². The molecule has 2 aromatic carbocycles. The lowest BCUT2D eigenvalue weighted by atomic mass is 10.1. The molecule has 0 saturated heterocycles. The maximum absolute atomic E-state index is 12.1. The molecule has 0 aliphatic rings. The van der Waals surface area contributed by atoms with Gasteiger partial charge in [0.2, 0.25) is 11.1 Å². The molecule has 0 aliphatic carbocycles. The number of nitrogens with one attached hydrogen (secondary N) is 2. The van der Waals surface area contributed by atoms with E-state index < -0.39 is 0 Å². The fourth-order valence-corrected chi connectivity index (χ4v) is 3.23. The van der Waals surface area contributed by atoms with Gasteiger partial charge in [-0.3, -0.25) is 9.89 Å². The van der Waals surface area contributed by atoms with Gasteiger partial charge in [-0.05, 0) is 24.1 Å². The average molecular weight is 398 g/mol. The summed E-state index contributed by atoms with van der Waals surface area (Å²) in [5, 5.41) is 10.5. The maximum atomic E-state index is 12.1. The first-order valence-corrected chi connectivity index (χ1v) is 9.76. The number of amides is 1. The van der Waals surface area contributed by atoms with Gasteiger partial charge >= 0.3 is 0 Å². The monoisotopic (exact) mass is 398 g/mol. The SMILES string of the molecule is COc1ccc(CCNC(=O)CSc2n[nH]c(-c3ccccc3)n2)cc1OC. The first-order chi connectivity index (χ1) is 13.7. The van der Waals surface area contributed by atoms with Crippen molar-refractivity contribution in [1.29, 1.82) is 0 Å². The molecule has 0 aliphatic heterocycles. The number of methoxy groups -OCH3 is 2. The van der Waals surface area contributed by atoms with Crippen molar-refractivity contribution in [2.24, 2.45) is 0 Å². The predicted molar refractivity (Wildman–Crippen MR) is 109 cm³/mol. The van der Waals surface area contributed by atoms with E-state index in [9.17, 15) is 4.79 Å². The lowest BCUT2D eigenvalue weighted by molar-refractivity contribution is -0.118. The van der Waals surface area contributed by atoms with Gasteiger partial charge in [0.25, 0.3) is 0 Å². The van der Waals surface area contributed by atoms with Gasteiger partial charge in [0, 0.05) is 12.1 Å². The van der Waals surface area contributed by atoms with Crippen LogP contribution in [0.25, 0.3) is 11.4 Å². The normalized spacial score (nSPS) is 10.5. The van der Waals surface area contributed by atoms with Gasteiger partial charge < -0.3 is 14.8 Å². The number of aromatic amines is 1. The minimum atomic E-state index is -0.0588. The van der Waals surface area contributed by atoms with E-state index in [4.69, 9.17) is 9.47 Å². The zero-order valence-electron chi connectivity index (χ0n) is 15.8. The molecule has 0 atom stereocenters. The van der Waals surface area contributed by atoms with Crippen LogP contribution < -0.4 is 14.8 Å². The summed E-state index contributed by atoms with van der Waals surface area (Å²) in [4.78, 5) is 16.5. The molecule has 8 heteroatoms. The predicted octanol–water partition coefficient (Wildman–Crippen LogP) is 2.94. The molecule has 146 valence electrons. The number of rotatable bonds is 9. The third kappa shape index (κ3) is 5.26. The zero-order valence-corrected chi connectivity index (χ0v) is 16.6. The molecule has 1 aromatic heterocycles. The van der Waals surface area contributed by atoms with Crippen LogP contribution in [0.4, 0.5) is 0 Å². The van der Waals surface area contributed by atoms with Crippen molar-refractivity contribution < 1.29 is 14.3 Å². The second kappa shape index (κ2) is 9.80. The van der Waals surface area contributed by atoms with Crippen LogP contribution in [-0.4, -0.2) is 47.6 Å². The quantitative estimate of drug-likeness (QED) is 0.539. The van der Waals surface area contributed by atoms with Crippen molar-refractivity contribution in [1.82, 2.24) is 20.5 Å². The van der Waals surface area contributed by atoms with Crippen molar-refractivity contribution in [3.05, 3.63) is 54.1 Å². The Labute approximate surface area is 167 Å². The molecule has 0 bridgehead atoms. The maximum Gasteiger partial charge on any atom is 0.230 e. The summed E-state index contributed by atoms with van der Waals surface area (Å²) in [6, 6.07) is 15.5. The Morgan fingerprint density at radius 3 is 2.64 bits per heavy atom. The summed E-state index contributed by atoms with van der Waals surface area (Å²) in [6.07, 6.45) is 0.704. The summed E-state index contributed by atoms with van der Waals surface area (Å²) >= 11 is 1.30. The van der Waals surface area contributed by atoms with E-state index in [-0.39, 0.29) is 11.7 Å². The van der Waals surface area contributed by atoms with E-state index in [1.807, 2.05) is 48.5 Å². The molecule has 7 nitrogen and oxygen atoms in total. The molecule has 0 saturated carbocycles. The van der Waals surface area contributed by atoms with Crippen molar-refractivity contribution in [2.45, 2.75) is 11.6 Å². The standard InChI is InChI=1S/C20H22N4O3S/c1-26-16-9-8-14(12-17(16)27-2)10-11-21-18(25)13-28-20-22-19(23-24-20)15-6-4-3-5-7-15/h3-9,12H,10-11,13H2,1-2H3,(H,21,25)(H,22,23,24). The van der Waals surface area contributed by atoms with E-state index in [1.54, 1.807) is 14.2 Å². The number of carbonyl (C=O) groups is 1. The molecule has 0 fully saturated rings. The van der Waals surface area contributed by atoms with Crippen LogP contribution >= 0.6 is 11.8 Å². The number of ether oxygens (including phenoxy) is 2. The minimum absolute atomic E-state index is 0.0588. The molecule has 0 unspecified atom stereocenters. The van der Waals surface area contributed by atoms with Gasteiger partial charge in [-0.1, -0.05) is 48.2 Å². The lowest BCUT2D eigenvalue weighted by Crippen LogP contribution is -2.27. The van der Waals surface area contributed by atoms with E-state index in [2.05, 4.69) is 20.5 Å².